The van der Waals surface area contributed by atoms with E-state index in [-0.39, 0.29) is 0 Å². The van der Waals surface area contributed by atoms with Gasteiger partial charge in [-0.2, -0.15) is 0 Å². The number of nitrogens with zero attached hydrogens (tertiary/aromatic N) is 1. The highest BCUT2D eigenvalue weighted by Crippen LogP contribution is 2.28. The lowest BCUT2D eigenvalue weighted by molar-refractivity contribution is -0.135. The van der Waals surface area contributed by atoms with Crippen molar-refractivity contribution in [3.05, 3.63) is 18.2 Å². The highest BCUT2D eigenvalue weighted by atomic mass is 32.1. The van der Waals surface area contributed by atoms with Crippen LogP contribution in [0.3, 0.4) is 0 Å². The molecule has 1 heterocycles. The smallest absolute Gasteiger partial charge is 0.323 e. The maximum Gasteiger partial charge on any atom is 0.323 e. The van der Waals surface area contributed by atoms with Crippen LogP contribution in [-0.4, -0.2) is 35.7 Å². The van der Waals surface area contributed by atoms with Crippen molar-refractivity contribution in [1.29, 1.82) is 0 Å². The van der Waals surface area contributed by atoms with Crippen molar-refractivity contribution in [1.82, 2.24) is 10.3 Å². The van der Waals surface area contributed by atoms with Crippen LogP contribution < -0.4 is 15.4 Å². The Hall–Kier alpha value is -2.35. The van der Waals surface area contributed by atoms with E-state index in [1.807, 2.05) is 6.07 Å². The van der Waals surface area contributed by atoms with Crippen LogP contribution in [0.15, 0.2) is 18.2 Å². The predicted octanol–water partition coefficient (Wildman–Crippen LogP) is 1.51. The van der Waals surface area contributed by atoms with Gasteiger partial charge in [0.15, 0.2) is 5.13 Å². The largest absolute Gasteiger partial charge is 0.497 e. The number of hydrogen-bond acceptors (Lipinski definition) is 5. The monoisotopic (exact) mass is 281 g/mol. The lowest BCUT2D eigenvalue weighted by atomic mass is 10.3. The highest BCUT2D eigenvalue weighted by Gasteiger charge is 2.09. The van der Waals surface area contributed by atoms with E-state index in [0.29, 0.717) is 10.9 Å². The molecule has 0 atom stereocenters. The van der Waals surface area contributed by atoms with Gasteiger partial charge < -0.3 is 15.2 Å². The fourth-order valence-electron chi connectivity index (χ4n) is 1.38. The van der Waals surface area contributed by atoms with Crippen molar-refractivity contribution >= 4 is 38.7 Å². The van der Waals surface area contributed by atoms with E-state index in [1.54, 1.807) is 19.2 Å². The van der Waals surface area contributed by atoms with Crippen LogP contribution in [-0.2, 0) is 4.79 Å². The molecule has 1 aromatic heterocycles. The van der Waals surface area contributed by atoms with Gasteiger partial charge >= 0.3 is 12.0 Å². The minimum absolute atomic E-state index is 0.395. The lowest BCUT2D eigenvalue weighted by Crippen LogP contribution is -2.33. The van der Waals surface area contributed by atoms with Crippen LogP contribution in [0.2, 0.25) is 0 Å². The number of anilines is 1. The Morgan fingerprint density at radius 1 is 1.47 bits per heavy atom. The number of aromatic nitrogens is 1. The quantitative estimate of drug-likeness (QED) is 0.788. The van der Waals surface area contributed by atoms with Crippen LogP contribution in [0.25, 0.3) is 10.2 Å². The molecule has 0 unspecified atom stereocenters. The molecule has 1 aromatic carbocycles. The summed E-state index contributed by atoms with van der Waals surface area (Å²) in [5.41, 5.74) is 0.735. The van der Waals surface area contributed by atoms with Crippen molar-refractivity contribution in [3.8, 4) is 5.75 Å². The van der Waals surface area contributed by atoms with Crippen molar-refractivity contribution in [2.24, 2.45) is 0 Å². The number of urea groups is 1. The summed E-state index contributed by atoms with van der Waals surface area (Å²) < 4.78 is 5.96. The van der Waals surface area contributed by atoms with Gasteiger partial charge in [0.05, 0.1) is 17.3 Å². The van der Waals surface area contributed by atoms with Crippen LogP contribution in [0.1, 0.15) is 0 Å². The van der Waals surface area contributed by atoms with Crippen LogP contribution in [0.4, 0.5) is 9.93 Å². The van der Waals surface area contributed by atoms with Crippen LogP contribution in [0, 0.1) is 0 Å². The number of benzene rings is 1. The minimum atomic E-state index is -1.11. The van der Waals surface area contributed by atoms with E-state index in [1.165, 1.54) is 11.3 Å². The van der Waals surface area contributed by atoms with E-state index in [4.69, 9.17) is 9.84 Å². The second-order valence-corrected chi connectivity index (χ2v) is 4.58. The molecule has 0 saturated heterocycles. The van der Waals surface area contributed by atoms with E-state index < -0.39 is 18.5 Å². The second kappa shape index (κ2) is 5.53. The summed E-state index contributed by atoms with van der Waals surface area (Å²) in [4.78, 5) is 25.9. The molecule has 0 bridgehead atoms. The number of aliphatic carboxylic acids is 1. The number of carboxylic acids is 1. The zero-order valence-corrected chi connectivity index (χ0v) is 10.8. The summed E-state index contributed by atoms with van der Waals surface area (Å²) in [6.45, 7) is -0.440. The maximum absolute atomic E-state index is 11.4. The minimum Gasteiger partial charge on any atom is -0.497 e. The van der Waals surface area contributed by atoms with Gasteiger partial charge in [-0.25, -0.2) is 9.78 Å². The number of thiazole rings is 1. The summed E-state index contributed by atoms with van der Waals surface area (Å²) in [6.07, 6.45) is 0. The molecule has 0 aliphatic rings. The predicted molar refractivity (Wildman–Crippen MR) is 70.8 cm³/mol. The summed E-state index contributed by atoms with van der Waals surface area (Å²) in [5, 5.41) is 13.5. The summed E-state index contributed by atoms with van der Waals surface area (Å²) in [7, 11) is 1.57. The van der Waals surface area contributed by atoms with Gasteiger partial charge in [-0.15, -0.1) is 0 Å². The maximum atomic E-state index is 11.4. The third kappa shape index (κ3) is 3.32. The van der Waals surface area contributed by atoms with E-state index in [2.05, 4.69) is 15.6 Å². The average molecular weight is 281 g/mol. The first kappa shape index (κ1) is 13.1. The number of hydrogen-bond donors (Lipinski definition) is 3. The molecule has 8 heteroatoms. The molecule has 2 aromatic rings. The lowest BCUT2D eigenvalue weighted by Gasteiger charge is -2.01. The Kier molecular flexibility index (Phi) is 3.81. The van der Waals surface area contributed by atoms with Gasteiger partial charge in [-0.05, 0) is 18.2 Å². The Labute approximate surface area is 112 Å². The molecule has 7 nitrogen and oxygen atoms in total. The van der Waals surface area contributed by atoms with Gasteiger partial charge in [-0.3, -0.25) is 10.1 Å². The summed E-state index contributed by atoms with van der Waals surface area (Å²) in [6, 6.07) is 4.77. The molecule has 0 radical (unpaired) electrons. The first-order valence-corrected chi connectivity index (χ1v) is 6.11. The van der Waals surface area contributed by atoms with Crippen molar-refractivity contribution < 1.29 is 19.4 Å². The molecule has 0 spiro atoms. The zero-order chi connectivity index (χ0) is 13.8. The molecule has 100 valence electrons. The molecule has 2 amide bonds. The van der Waals surface area contributed by atoms with Gasteiger partial charge in [-0.1, -0.05) is 11.3 Å². The average Bonchev–Trinajstić information content (AvgIpc) is 2.77. The molecule has 0 fully saturated rings. The standard InChI is InChI=1S/C11H11N3O4S/c1-18-6-2-3-7-8(4-6)19-11(13-7)14-10(17)12-5-9(15)16/h2-4H,5H2,1H3,(H,15,16)(H2,12,13,14,17). The van der Waals surface area contributed by atoms with Gasteiger partial charge in [0, 0.05) is 0 Å². The Balaban J connectivity index is 2.08. The Morgan fingerprint density at radius 3 is 2.95 bits per heavy atom. The number of nitrogens with one attached hydrogen (secondary N) is 2. The third-order valence-electron chi connectivity index (χ3n) is 2.22. The number of ether oxygens (including phenoxy) is 1. The molecule has 0 aliphatic heterocycles. The van der Waals surface area contributed by atoms with E-state index in [9.17, 15) is 9.59 Å². The van der Waals surface area contributed by atoms with Crippen molar-refractivity contribution in [2.45, 2.75) is 0 Å². The summed E-state index contributed by atoms with van der Waals surface area (Å²) >= 11 is 1.28. The number of methoxy groups -OCH3 is 1. The third-order valence-corrected chi connectivity index (χ3v) is 3.15. The number of fused-ring (bicyclic) bond motifs is 1. The number of carboxylic acid groups (broad SMARTS) is 1. The molecule has 3 N–H and O–H groups in total. The SMILES string of the molecule is COc1ccc2nc(NC(=O)NCC(=O)O)sc2c1. The highest BCUT2D eigenvalue weighted by molar-refractivity contribution is 7.22. The Morgan fingerprint density at radius 2 is 2.26 bits per heavy atom. The fourth-order valence-corrected chi connectivity index (χ4v) is 2.27. The molecular weight excluding hydrogens is 270 g/mol. The number of carbonyl (C=O) groups excluding carboxylic acids is 1. The number of rotatable bonds is 4. The zero-order valence-electron chi connectivity index (χ0n) is 9.97. The van der Waals surface area contributed by atoms with E-state index in [0.717, 1.165) is 10.2 Å². The number of amides is 2. The molecule has 19 heavy (non-hydrogen) atoms. The fraction of sp³-hybridized carbons (Fsp3) is 0.182. The van der Waals surface area contributed by atoms with Gasteiger partial charge in [0.1, 0.15) is 12.3 Å². The topological polar surface area (TPSA) is 101 Å². The molecular formula is C11H11N3O4S. The first-order valence-electron chi connectivity index (χ1n) is 5.29. The molecule has 0 aliphatic carbocycles. The second-order valence-electron chi connectivity index (χ2n) is 3.55. The number of carbonyl (C=O) groups is 2. The van der Waals surface area contributed by atoms with E-state index >= 15 is 0 Å². The van der Waals surface area contributed by atoms with Crippen molar-refractivity contribution in [3.63, 3.8) is 0 Å². The Bertz CT molecular complexity index is 625. The first-order chi connectivity index (χ1) is 9.08. The van der Waals surface area contributed by atoms with Crippen LogP contribution >= 0.6 is 11.3 Å². The van der Waals surface area contributed by atoms with Gasteiger partial charge in [0.2, 0.25) is 0 Å². The molecule has 2 rings (SSSR count). The van der Waals surface area contributed by atoms with Crippen LogP contribution in [0.5, 0.6) is 5.75 Å². The van der Waals surface area contributed by atoms with Crippen molar-refractivity contribution in [2.75, 3.05) is 19.0 Å². The molecule has 0 saturated carbocycles. The van der Waals surface area contributed by atoms with Gasteiger partial charge in [0.25, 0.3) is 0 Å². The normalized spacial score (nSPS) is 10.2. The summed E-state index contributed by atoms with van der Waals surface area (Å²) in [5.74, 6) is -0.401.